The Morgan fingerprint density at radius 2 is 0.901 bits per heavy atom. The predicted octanol–water partition coefficient (Wildman–Crippen LogP) is 11.4. The fourth-order valence-electron chi connectivity index (χ4n) is 10.1. The number of ether oxygens (including phenoxy) is 1. The summed E-state index contributed by atoms with van der Waals surface area (Å²) < 4.78 is 6.59. The summed E-state index contributed by atoms with van der Waals surface area (Å²) in [6, 6.07) is 64.9. The van der Waals surface area contributed by atoms with Gasteiger partial charge in [-0.15, -0.1) is 0 Å². The van der Waals surface area contributed by atoms with Gasteiger partial charge in [-0.2, -0.15) is 14.9 Å². The molecule has 2 aromatic heterocycles. The first kappa shape index (κ1) is 48.0. The number of rotatable bonds is 10. The number of nitrogens with zero attached hydrogens (tertiary/aromatic N) is 5. The van der Waals surface area contributed by atoms with Gasteiger partial charge in [0.25, 0.3) is 0 Å². The zero-order valence-electron chi connectivity index (χ0n) is 40.4. The summed E-state index contributed by atoms with van der Waals surface area (Å²) in [5.74, 6) is 0.284. The summed E-state index contributed by atoms with van der Waals surface area (Å²) in [6.45, 7) is 7.70. The average molecular weight is 939 g/mol. The Balaban J connectivity index is 0.000000179. The van der Waals surface area contributed by atoms with Crippen LogP contribution in [0.15, 0.2) is 218 Å². The highest BCUT2D eigenvalue weighted by molar-refractivity contribution is 6.01. The third-order valence-corrected chi connectivity index (χ3v) is 13.1. The van der Waals surface area contributed by atoms with Gasteiger partial charge in [-0.05, 0) is 72.4 Å². The van der Waals surface area contributed by atoms with Gasteiger partial charge in [0.15, 0.2) is 11.6 Å². The lowest BCUT2D eigenvalue weighted by atomic mass is 9.74. The van der Waals surface area contributed by atoms with Gasteiger partial charge < -0.3 is 4.74 Å². The van der Waals surface area contributed by atoms with Crippen LogP contribution < -0.4 is 0 Å². The molecule has 10 rings (SSSR count). The van der Waals surface area contributed by atoms with Gasteiger partial charge in [0.2, 0.25) is 0 Å². The van der Waals surface area contributed by atoms with Crippen LogP contribution in [0.5, 0.6) is 0 Å². The number of benzene rings is 6. The molecule has 0 unspecified atom stereocenters. The van der Waals surface area contributed by atoms with Gasteiger partial charge >= 0.3 is 6.09 Å². The molecule has 2 saturated heterocycles. The van der Waals surface area contributed by atoms with E-state index in [1.165, 1.54) is 21.4 Å². The monoisotopic (exact) mass is 938 g/mol. The smallest absolute Gasteiger partial charge is 0.435 e. The second-order valence-electron chi connectivity index (χ2n) is 18.8. The Morgan fingerprint density at radius 1 is 0.535 bits per heavy atom. The molecule has 2 fully saturated rings. The van der Waals surface area contributed by atoms with Crippen LogP contribution >= 0.6 is 0 Å². The lowest BCUT2D eigenvalue weighted by molar-refractivity contribution is -0.118. The zero-order chi connectivity index (χ0) is 49.3. The fraction of sp³-hybridized carbons (Fsp3) is 0.197. The number of piperidine rings is 2. The maximum atomic E-state index is 13.2. The molecule has 0 aliphatic carbocycles. The van der Waals surface area contributed by atoms with Crippen molar-refractivity contribution in [2.45, 2.75) is 50.3 Å². The Bertz CT molecular complexity index is 2900. The minimum Gasteiger partial charge on any atom is -0.442 e. The Hall–Kier alpha value is -8.05. The van der Waals surface area contributed by atoms with Gasteiger partial charge in [-0.3, -0.25) is 24.5 Å². The number of Topliss-reactive ketones (excluding diaryl/α,β-unsaturated/α-hetero) is 2. The molecule has 71 heavy (non-hydrogen) atoms. The van der Waals surface area contributed by atoms with E-state index in [0.717, 1.165) is 27.8 Å². The molecule has 10 heteroatoms. The maximum Gasteiger partial charge on any atom is 0.435 e. The number of H-pyrrole nitrogens is 1. The van der Waals surface area contributed by atoms with Crippen molar-refractivity contribution in [3.63, 3.8) is 0 Å². The molecule has 0 bridgehead atoms. The predicted molar refractivity (Wildman–Crippen MR) is 279 cm³/mol. The molecule has 0 atom stereocenters. The van der Waals surface area contributed by atoms with Gasteiger partial charge in [-0.1, -0.05) is 182 Å². The molecular weight excluding hydrogens is 881 g/mol. The van der Waals surface area contributed by atoms with E-state index < -0.39 is 22.8 Å². The molecule has 356 valence electrons. The van der Waals surface area contributed by atoms with Crippen molar-refractivity contribution >= 4 is 29.8 Å². The van der Waals surface area contributed by atoms with Gasteiger partial charge in [0.05, 0.1) is 23.0 Å². The third-order valence-electron chi connectivity index (χ3n) is 13.1. The van der Waals surface area contributed by atoms with Gasteiger partial charge in [0.1, 0.15) is 5.60 Å². The molecule has 0 amide bonds. The molecule has 0 spiro atoms. The topological polar surface area (TPSA) is 113 Å². The van der Waals surface area contributed by atoms with Crippen molar-refractivity contribution in [1.82, 2.24) is 29.8 Å². The molecule has 1 N–H and O–H groups in total. The molecule has 8 aromatic rings. The van der Waals surface area contributed by atoms with Crippen molar-refractivity contribution in [3.8, 4) is 0 Å². The minimum atomic E-state index is -0.628. The standard InChI is InChI=1S/C33H33N3O3.C28H25N3O/c1-32(2,3)39-31(38)36-22-19-29(34-36)23-25-24-35(21-20-30(25)37)33(26-13-7-4-8-14-26,27-15-9-5-10-16-27)28-17-11-6-12-18-28;32-27-16-17-31(21-23(27)18-22-19-29-30-20-22)28(24-10-4-1-5-11-24,25-12-6-2-7-13-25)26-14-8-3-9-15-26/h4-19,22-23H,20-21,24H2,1-3H3;1-15,18-20H,16-17,21H2,(H,29,30)/b25-23+;23-18+. The molecule has 2 aliphatic heterocycles. The summed E-state index contributed by atoms with van der Waals surface area (Å²) >= 11 is 0. The molecule has 4 heterocycles. The molecule has 2 aliphatic rings. The Morgan fingerprint density at radius 3 is 1.24 bits per heavy atom. The van der Waals surface area contributed by atoms with Crippen molar-refractivity contribution < 1.29 is 19.1 Å². The number of nitrogens with one attached hydrogen (secondary N) is 1. The van der Waals surface area contributed by atoms with Gasteiger partial charge in [0, 0.05) is 68.1 Å². The number of carbonyl (C=O) groups excluding carboxylic acids is 3. The van der Waals surface area contributed by atoms with E-state index in [1.54, 1.807) is 24.5 Å². The Kier molecular flexibility index (Phi) is 14.4. The number of likely N-dealkylation sites (tertiary alicyclic amines) is 2. The van der Waals surface area contributed by atoms with E-state index >= 15 is 0 Å². The molecular formula is C61H58N6O4. The largest absolute Gasteiger partial charge is 0.442 e. The van der Waals surface area contributed by atoms with E-state index in [-0.39, 0.29) is 11.6 Å². The van der Waals surface area contributed by atoms with Crippen LogP contribution in [0.2, 0.25) is 0 Å². The first-order valence-corrected chi connectivity index (χ1v) is 24.1. The molecule has 0 saturated carbocycles. The van der Waals surface area contributed by atoms with Crippen LogP contribution in [-0.4, -0.2) is 79.2 Å². The highest BCUT2D eigenvalue weighted by Gasteiger charge is 2.45. The normalized spacial score (nSPS) is 16.1. The lowest BCUT2D eigenvalue weighted by Crippen LogP contribution is -2.52. The van der Waals surface area contributed by atoms with Crippen LogP contribution in [0.4, 0.5) is 4.79 Å². The second-order valence-corrected chi connectivity index (χ2v) is 18.8. The summed E-state index contributed by atoms with van der Waals surface area (Å²) in [5, 5.41) is 11.2. The zero-order valence-corrected chi connectivity index (χ0v) is 40.4. The van der Waals surface area contributed by atoms with Crippen molar-refractivity contribution in [2.24, 2.45) is 0 Å². The summed E-state index contributed by atoms with van der Waals surface area (Å²) in [4.78, 5) is 43.4. The molecule has 0 radical (unpaired) electrons. The van der Waals surface area contributed by atoms with Crippen LogP contribution in [0.25, 0.3) is 12.2 Å². The number of ketones is 2. The number of hydrogen-bond donors (Lipinski definition) is 1. The van der Waals surface area contributed by atoms with Gasteiger partial charge in [-0.25, -0.2) is 4.79 Å². The van der Waals surface area contributed by atoms with Crippen molar-refractivity contribution in [3.05, 3.63) is 262 Å². The second kappa shape index (κ2) is 21.3. The maximum absolute atomic E-state index is 13.2. The average Bonchev–Trinajstić information content (AvgIpc) is 4.11. The summed E-state index contributed by atoms with van der Waals surface area (Å²) in [7, 11) is 0. The van der Waals surface area contributed by atoms with Crippen LogP contribution in [0.1, 0.15) is 78.3 Å². The first-order chi connectivity index (χ1) is 34.6. The minimum absolute atomic E-state index is 0.0844. The van der Waals surface area contributed by atoms with Crippen LogP contribution in [0, 0.1) is 0 Å². The number of aromatic amines is 1. The SMILES string of the molecule is CC(C)(C)OC(=O)n1ccc(/C=C2\CN(C(c3ccccc3)(c3ccccc3)c3ccccc3)CCC2=O)n1.O=C1CCN(C(c2ccccc2)(c2ccccc2)c2ccccc2)C/C1=C\c1cn[nH]c1. The van der Waals surface area contributed by atoms with E-state index in [1.807, 2.05) is 69.4 Å². The first-order valence-electron chi connectivity index (χ1n) is 24.1. The van der Waals surface area contributed by atoms with Crippen LogP contribution in [0.3, 0.4) is 0 Å². The third kappa shape index (κ3) is 10.3. The fourth-order valence-corrected chi connectivity index (χ4v) is 10.1. The van der Waals surface area contributed by atoms with E-state index in [4.69, 9.17) is 4.74 Å². The summed E-state index contributed by atoms with van der Waals surface area (Å²) in [6.07, 6.45) is 9.19. The number of carbonyl (C=O) groups is 3. The number of hydrogen-bond acceptors (Lipinski definition) is 8. The van der Waals surface area contributed by atoms with Crippen LogP contribution in [-0.2, 0) is 25.4 Å². The number of aromatic nitrogens is 4. The highest BCUT2D eigenvalue weighted by Crippen LogP contribution is 2.45. The van der Waals surface area contributed by atoms with E-state index in [9.17, 15) is 14.4 Å². The van der Waals surface area contributed by atoms with Crippen molar-refractivity contribution in [1.29, 1.82) is 0 Å². The molecule has 10 nitrogen and oxygen atoms in total. The molecule has 6 aromatic carbocycles. The lowest BCUT2D eigenvalue weighted by Gasteiger charge is -2.47. The highest BCUT2D eigenvalue weighted by atomic mass is 16.6. The Labute approximate surface area is 416 Å². The quantitative estimate of drug-likeness (QED) is 0.107. The summed E-state index contributed by atoms with van der Waals surface area (Å²) in [5.41, 5.74) is 8.12. The van der Waals surface area contributed by atoms with E-state index in [0.29, 0.717) is 50.3 Å². The van der Waals surface area contributed by atoms with Crippen molar-refractivity contribution in [2.75, 3.05) is 26.2 Å². The van der Waals surface area contributed by atoms with E-state index in [2.05, 4.69) is 171 Å².